The van der Waals surface area contributed by atoms with E-state index in [4.69, 9.17) is 4.74 Å². The van der Waals surface area contributed by atoms with Crippen LogP contribution in [0.3, 0.4) is 0 Å². The van der Waals surface area contributed by atoms with Gasteiger partial charge in [0.1, 0.15) is 5.82 Å². The summed E-state index contributed by atoms with van der Waals surface area (Å²) < 4.78 is 7.63. The van der Waals surface area contributed by atoms with Gasteiger partial charge in [0.2, 0.25) is 0 Å². The van der Waals surface area contributed by atoms with E-state index in [2.05, 4.69) is 32.7 Å². The Morgan fingerprint density at radius 3 is 2.48 bits per heavy atom. The van der Waals surface area contributed by atoms with Crippen LogP contribution in [0.2, 0.25) is 0 Å². The molecular formula is C19H23N5O. The first-order valence-electron chi connectivity index (χ1n) is 8.45. The molecule has 6 nitrogen and oxygen atoms in total. The second kappa shape index (κ2) is 7.90. The van der Waals surface area contributed by atoms with Crippen LogP contribution in [0.1, 0.15) is 30.0 Å². The number of aryl methyl sites for hydroxylation is 2. The molecule has 0 bridgehead atoms. The van der Waals surface area contributed by atoms with E-state index in [9.17, 15) is 0 Å². The van der Waals surface area contributed by atoms with Gasteiger partial charge in [-0.05, 0) is 44.5 Å². The van der Waals surface area contributed by atoms with Gasteiger partial charge < -0.3 is 10.1 Å². The van der Waals surface area contributed by atoms with E-state index >= 15 is 0 Å². The van der Waals surface area contributed by atoms with E-state index in [1.165, 1.54) is 0 Å². The number of ether oxygens (including phenoxy) is 1. The largest absolute Gasteiger partial charge is 0.372 e. The normalized spacial score (nSPS) is 12.1. The van der Waals surface area contributed by atoms with Crippen LogP contribution in [0.5, 0.6) is 0 Å². The number of nitrogens with one attached hydrogen (secondary N) is 1. The smallest absolute Gasteiger partial charge is 0.176 e. The molecule has 25 heavy (non-hydrogen) atoms. The molecule has 0 aliphatic heterocycles. The van der Waals surface area contributed by atoms with E-state index in [-0.39, 0.29) is 6.10 Å². The van der Waals surface area contributed by atoms with Gasteiger partial charge in [-0.2, -0.15) is 5.10 Å². The zero-order chi connectivity index (χ0) is 17.6. The van der Waals surface area contributed by atoms with Gasteiger partial charge >= 0.3 is 0 Å². The third kappa shape index (κ3) is 4.22. The summed E-state index contributed by atoms with van der Waals surface area (Å²) in [4.78, 5) is 0. The second-order valence-corrected chi connectivity index (χ2v) is 5.85. The van der Waals surface area contributed by atoms with Crippen LogP contribution in [0, 0.1) is 13.8 Å². The molecule has 1 unspecified atom stereocenters. The summed E-state index contributed by atoms with van der Waals surface area (Å²) in [7, 11) is 0. The van der Waals surface area contributed by atoms with Crippen LogP contribution < -0.4 is 5.32 Å². The summed E-state index contributed by atoms with van der Waals surface area (Å²) in [6.07, 6.45) is -0.0244. The highest BCUT2D eigenvalue weighted by molar-refractivity contribution is 5.37. The molecular weight excluding hydrogens is 314 g/mol. The van der Waals surface area contributed by atoms with Gasteiger partial charge in [0.05, 0.1) is 11.8 Å². The Morgan fingerprint density at radius 2 is 1.88 bits per heavy atom. The molecule has 0 radical (unpaired) electrons. The van der Waals surface area contributed by atoms with Crippen molar-refractivity contribution in [1.29, 1.82) is 0 Å². The molecule has 0 aliphatic rings. The number of hydrogen-bond acceptors (Lipinski definition) is 5. The number of nitrogens with zero attached hydrogens (tertiary/aromatic N) is 4. The van der Waals surface area contributed by atoms with Crippen molar-refractivity contribution in [2.24, 2.45) is 0 Å². The topological polar surface area (TPSA) is 64.9 Å². The van der Waals surface area contributed by atoms with Gasteiger partial charge in [-0.1, -0.05) is 30.3 Å². The minimum atomic E-state index is -0.0244. The van der Waals surface area contributed by atoms with Crippen molar-refractivity contribution in [3.63, 3.8) is 0 Å². The Labute approximate surface area is 147 Å². The van der Waals surface area contributed by atoms with E-state index in [1.807, 2.05) is 57.2 Å². The molecule has 1 atom stereocenters. The quantitative estimate of drug-likeness (QED) is 0.715. The molecule has 0 fully saturated rings. The highest BCUT2D eigenvalue weighted by Gasteiger charge is 2.12. The van der Waals surface area contributed by atoms with Crippen molar-refractivity contribution in [1.82, 2.24) is 20.0 Å². The van der Waals surface area contributed by atoms with Gasteiger partial charge in [0, 0.05) is 18.8 Å². The molecule has 0 amide bonds. The molecule has 2 aromatic heterocycles. The first-order chi connectivity index (χ1) is 12.2. The molecule has 0 saturated carbocycles. The van der Waals surface area contributed by atoms with E-state index in [1.54, 1.807) is 4.68 Å². The third-order valence-corrected chi connectivity index (χ3v) is 3.88. The standard InChI is InChI=1S/C19H23N5O/c1-4-25-17(16-8-6-5-7-9-16)13-20-18-10-11-19(22-21-18)24-15(3)12-14(2)23-24/h5-12,17H,4,13H2,1-3H3,(H,20,21). The Kier molecular flexibility index (Phi) is 5.40. The fourth-order valence-corrected chi connectivity index (χ4v) is 2.73. The van der Waals surface area contributed by atoms with Crippen molar-refractivity contribution in [3.05, 3.63) is 65.5 Å². The lowest BCUT2D eigenvalue weighted by atomic mass is 10.1. The first kappa shape index (κ1) is 17.1. The maximum Gasteiger partial charge on any atom is 0.176 e. The number of aromatic nitrogens is 4. The van der Waals surface area contributed by atoms with Gasteiger partial charge in [0.25, 0.3) is 0 Å². The van der Waals surface area contributed by atoms with Crippen LogP contribution in [0.4, 0.5) is 5.82 Å². The molecule has 3 rings (SSSR count). The second-order valence-electron chi connectivity index (χ2n) is 5.85. The predicted octanol–water partition coefficient (Wildman–Crippen LogP) is 3.47. The van der Waals surface area contributed by atoms with Crippen LogP contribution in [-0.2, 0) is 4.74 Å². The van der Waals surface area contributed by atoms with Gasteiger partial charge in [-0.15, -0.1) is 10.2 Å². The van der Waals surface area contributed by atoms with Crippen molar-refractivity contribution in [2.75, 3.05) is 18.5 Å². The molecule has 0 spiro atoms. The van der Waals surface area contributed by atoms with Crippen LogP contribution >= 0.6 is 0 Å². The summed E-state index contributed by atoms with van der Waals surface area (Å²) >= 11 is 0. The van der Waals surface area contributed by atoms with Crippen molar-refractivity contribution >= 4 is 5.82 Å². The van der Waals surface area contributed by atoms with Crippen molar-refractivity contribution < 1.29 is 4.74 Å². The molecule has 1 aromatic carbocycles. The summed E-state index contributed by atoms with van der Waals surface area (Å²) in [5, 5.41) is 16.2. The lowest BCUT2D eigenvalue weighted by Gasteiger charge is -2.18. The monoisotopic (exact) mass is 337 g/mol. The minimum absolute atomic E-state index is 0.0244. The summed E-state index contributed by atoms with van der Waals surface area (Å²) in [5.74, 6) is 1.42. The van der Waals surface area contributed by atoms with Gasteiger partial charge in [0.15, 0.2) is 5.82 Å². The van der Waals surface area contributed by atoms with Crippen molar-refractivity contribution in [2.45, 2.75) is 26.9 Å². The Bertz CT molecular complexity index is 798. The lowest BCUT2D eigenvalue weighted by Crippen LogP contribution is -2.17. The lowest BCUT2D eigenvalue weighted by molar-refractivity contribution is 0.0718. The van der Waals surface area contributed by atoms with E-state index < -0.39 is 0 Å². The number of hydrogen-bond donors (Lipinski definition) is 1. The predicted molar refractivity (Wildman–Crippen MR) is 97.9 cm³/mol. The fraction of sp³-hybridized carbons (Fsp3) is 0.316. The summed E-state index contributed by atoms with van der Waals surface area (Å²) in [6, 6.07) is 16.0. The Balaban J connectivity index is 1.67. The molecule has 6 heteroatoms. The maximum atomic E-state index is 5.84. The minimum Gasteiger partial charge on any atom is -0.372 e. The van der Waals surface area contributed by atoms with Crippen LogP contribution in [0.15, 0.2) is 48.5 Å². The van der Waals surface area contributed by atoms with Crippen molar-refractivity contribution in [3.8, 4) is 5.82 Å². The average molecular weight is 337 g/mol. The highest BCUT2D eigenvalue weighted by atomic mass is 16.5. The fourth-order valence-electron chi connectivity index (χ4n) is 2.73. The highest BCUT2D eigenvalue weighted by Crippen LogP contribution is 2.18. The molecule has 130 valence electrons. The first-order valence-corrected chi connectivity index (χ1v) is 8.45. The zero-order valence-electron chi connectivity index (χ0n) is 14.8. The number of benzene rings is 1. The third-order valence-electron chi connectivity index (χ3n) is 3.88. The molecule has 0 aliphatic carbocycles. The molecule has 0 saturated heterocycles. The number of rotatable bonds is 7. The number of anilines is 1. The van der Waals surface area contributed by atoms with E-state index in [0.717, 1.165) is 17.0 Å². The maximum absolute atomic E-state index is 5.84. The SMILES string of the molecule is CCOC(CNc1ccc(-n2nc(C)cc2C)nn1)c1ccccc1. The molecule has 2 heterocycles. The average Bonchev–Trinajstić information content (AvgIpc) is 2.98. The Hall–Kier alpha value is -2.73. The molecule has 1 N–H and O–H groups in total. The van der Waals surface area contributed by atoms with Crippen LogP contribution in [0.25, 0.3) is 5.82 Å². The summed E-state index contributed by atoms with van der Waals surface area (Å²) in [5.41, 5.74) is 3.14. The Morgan fingerprint density at radius 1 is 1.08 bits per heavy atom. The van der Waals surface area contributed by atoms with Gasteiger partial charge in [-0.25, -0.2) is 4.68 Å². The van der Waals surface area contributed by atoms with Crippen LogP contribution in [-0.4, -0.2) is 33.1 Å². The summed E-state index contributed by atoms with van der Waals surface area (Å²) in [6.45, 7) is 7.25. The zero-order valence-corrected chi connectivity index (χ0v) is 14.8. The molecule has 3 aromatic rings. The van der Waals surface area contributed by atoms with E-state index in [0.29, 0.717) is 24.8 Å². The van der Waals surface area contributed by atoms with Gasteiger partial charge in [-0.3, -0.25) is 0 Å².